The van der Waals surface area contributed by atoms with Gasteiger partial charge in [0.25, 0.3) is 0 Å². The number of methoxy groups -OCH3 is 1. The maximum Gasteiger partial charge on any atom is 0.206 e. The minimum Gasteiger partial charge on any atom is -0.493 e. The van der Waals surface area contributed by atoms with E-state index in [9.17, 15) is 4.79 Å². The fourth-order valence-corrected chi connectivity index (χ4v) is 2.88. The highest BCUT2D eigenvalue weighted by molar-refractivity contribution is 6.42. The Morgan fingerprint density at radius 2 is 2.00 bits per heavy atom. The molecule has 0 saturated carbocycles. The summed E-state index contributed by atoms with van der Waals surface area (Å²) in [6.07, 6.45) is 4.87. The number of aryl methyl sites for hydroxylation is 1. The Morgan fingerprint density at radius 3 is 2.68 bits per heavy atom. The third-order valence-corrected chi connectivity index (χ3v) is 4.72. The van der Waals surface area contributed by atoms with Crippen molar-refractivity contribution >= 4 is 35.1 Å². The topological polar surface area (TPSA) is 53.4 Å². The Morgan fingerprint density at radius 1 is 1.18 bits per heavy atom. The van der Waals surface area contributed by atoms with Gasteiger partial charge in [-0.3, -0.25) is 9.48 Å². The summed E-state index contributed by atoms with van der Waals surface area (Å²) >= 11 is 12.0. The van der Waals surface area contributed by atoms with Gasteiger partial charge in [-0.2, -0.15) is 5.10 Å². The lowest BCUT2D eigenvalue weighted by molar-refractivity contribution is 0.104. The fourth-order valence-electron chi connectivity index (χ4n) is 2.56. The number of ether oxygens (including phenoxy) is 2. The smallest absolute Gasteiger partial charge is 0.206 e. The van der Waals surface area contributed by atoms with Crippen LogP contribution in [0.1, 0.15) is 21.6 Å². The van der Waals surface area contributed by atoms with Gasteiger partial charge in [0, 0.05) is 18.8 Å². The van der Waals surface area contributed by atoms with Crippen LogP contribution in [0, 0.1) is 0 Å². The second kappa shape index (κ2) is 8.95. The quantitative estimate of drug-likeness (QED) is 0.391. The van der Waals surface area contributed by atoms with E-state index in [2.05, 4.69) is 5.10 Å². The number of hydrogen-bond donors (Lipinski definition) is 0. The highest BCUT2D eigenvalue weighted by Crippen LogP contribution is 2.33. The lowest BCUT2D eigenvalue weighted by atomic mass is 10.1. The monoisotopic (exact) mass is 416 g/mol. The third-order valence-electron chi connectivity index (χ3n) is 3.98. The van der Waals surface area contributed by atoms with Crippen molar-refractivity contribution in [1.82, 2.24) is 9.78 Å². The molecule has 0 aliphatic heterocycles. The number of carbonyl (C=O) groups excluding carboxylic acids is 1. The van der Waals surface area contributed by atoms with Crippen LogP contribution in [0.4, 0.5) is 0 Å². The Kier molecular flexibility index (Phi) is 6.39. The van der Waals surface area contributed by atoms with Gasteiger partial charge in [0.15, 0.2) is 11.5 Å². The average molecular weight is 417 g/mol. The van der Waals surface area contributed by atoms with Crippen LogP contribution in [0.15, 0.2) is 54.7 Å². The predicted octanol–water partition coefficient (Wildman–Crippen LogP) is 5.21. The van der Waals surface area contributed by atoms with Gasteiger partial charge in [-0.15, -0.1) is 0 Å². The number of carbonyl (C=O) groups is 1. The van der Waals surface area contributed by atoms with Gasteiger partial charge >= 0.3 is 0 Å². The molecule has 0 atom stereocenters. The Balaban J connectivity index is 1.82. The van der Waals surface area contributed by atoms with Gasteiger partial charge in [0.05, 0.1) is 17.2 Å². The van der Waals surface area contributed by atoms with Gasteiger partial charge < -0.3 is 9.47 Å². The number of nitrogens with zero attached hydrogens (tertiary/aromatic N) is 2. The summed E-state index contributed by atoms with van der Waals surface area (Å²) < 4.78 is 13.0. The van der Waals surface area contributed by atoms with Crippen molar-refractivity contribution in [2.24, 2.45) is 7.05 Å². The van der Waals surface area contributed by atoms with Crippen LogP contribution < -0.4 is 9.47 Å². The zero-order valence-electron chi connectivity index (χ0n) is 15.4. The van der Waals surface area contributed by atoms with E-state index in [4.69, 9.17) is 32.7 Å². The summed E-state index contributed by atoms with van der Waals surface area (Å²) in [6, 6.07) is 12.4. The molecule has 0 N–H and O–H groups in total. The lowest BCUT2D eigenvalue weighted by Crippen LogP contribution is -2.00. The number of halogens is 2. The molecule has 144 valence electrons. The molecular weight excluding hydrogens is 399 g/mol. The molecule has 3 rings (SSSR count). The zero-order valence-corrected chi connectivity index (χ0v) is 16.9. The van der Waals surface area contributed by atoms with Crippen molar-refractivity contribution < 1.29 is 14.3 Å². The first kappa shape index (κ1) is 20.0. The highest BCUT2D eigenvalue weighted by Gasteiger charge is 2.11. The number of aromatic nitrogens is 2. The molecule has 5 nitrogen and oxygen atoms in total. The second-order valence-corrected chi connectivity index (χ2v) is 6.80. The van der Waals surface area contributed by atoms with Crippen molar-refractivity contribution in [3.8, 4) is 11.5 Å². The number of allylic oxidation sites excluding steroid dienone is 1. The van der Waals surface area contributed by atoms with Gasteiger partial charge in [-0.25, -0.2) is 0 Å². The maximum atomic E-state index is 12.3. The lowest BCUT2D eigenvalue weighted by Gasteiger charge is -2.13. The van der Waals surface area contributed by atoms with E-state index in [1.165, 1.54) is 6.08 Å². The molecule has 3 aromatic rings. The molecule has 0 aliphatic rings. The summed E-state index contributed by atoms with van der Waals surface area (Å²) in [6.45, 7) is 0.270. The van der Waals surface area contributed by atoms with E-state index in [0.29, 0.717) is 32.8 Å². The third kappa shape index (κ3) is 4.74. The number of para-hydroxylation sites is 1. The van der Waals surface area contributed by atoms with E-state index in [0.717, 1.165) is 5.56 Å². The van der Waals surface area contributed by atoms with E-state index in [1.807, 2.05) is 18.2 Å². The molecule has 0 radical (unpaired) electrons. The van der Waals surface area contributed by atoms with E-state index in [-0.39, 0.29) is 12.4 Å². The summed E-state index contributed by atoms with van der Waals surface area (Å²) in [4.78, 5) is 12.3. The van der Waals surface area contributed by atoms with Crippen molar-refractivity contribution in [3.63, 3.8) is 0 Å². The van der Waals surface area contributed by atoms with Crippen molar-refractivity contribution in [2.45, 2.75) is 6.61 Å². The first-order valence-electron chi connectivity index (χ1n) is 8.43. The van der Waals surface area contributed by atoms with Crippen molar-refractivity contribution in [2.75, 3.05) is 7.11 Å². The molecular formula is C21H18Cl2N2O3. The molecule has 7 heteroatoms. The standard InChI is InChI=1S/C21H18Cl2N2O3/c1-25-11-10-18(24-25)19(26)9-7-15-4-3-5-20(27-2)21(15)28-13-14-6-8-16(22)17(23)12-14/h3-12H,13H2,1-2H3/b9-7+. The minimum absolute atomic E-state index is 0.196. The zero-order chi connectivity index (χ0) is 20.1. The van der Waals surface area contributed by atoms with E-state index >= 15 is 0 Å². The van der Waals surface area contributed by atoms with Crippen LogP contribution in [0.5, 0.6) is 11.5 Å². The molecule has 1 heterocycles. The Labute approximate surface area is 173 Å². The summed E-state index contributed by atoms with van der Waals surface area (Å²) in [5.74, 6) is 0.896. The number of rotatable bonds is 7. The average Bonchev–Trinajstić information content (AvgIpc) is 3.13. The van der Waals surface area contributed by atoms with Crippen molar-refractivity contribution in [3.05, 3.63) is 81.6 Å². The highest BCUT2D eigenvalue weighted by atomic mass is 35.5. The van der Waals surface area contributed by atoms with Crippen LogP contribution >= 0.6 is 23.2 Å². The number of hydrogen-bond acceptors (Lipinski definition) is 4. The maximum absolute atomic E-state index is 12.3. The summed E-state index contributed by atoms with van der Waals surface area (Å²) in [5, 5.41) is 5.05. The number of benzene rings is 2. The molecule has 0 saturated heterocycles. The molecule has 0 fully saturated rings. The minimum atomic E-state index is -0.196. The van der Waals surface area contributed by atoms with Crippen LogP contribution in [0.25, 0.3) is 6.08 Å². The molecule has 28 heavy (non-hydrogen) atoms. The first-order chi connectivity index (χ1) is 13.5. The van der Waals surface area contributed by atoms with E-state index in [1.54, 1.807) is 55.4 Å². The van der Waals surface area contributed by atoms with Gasteiger partial charge in [0.1, 0.15) is 12.3 Å². The SMILES string of the molecule is COc1cccc(/C=C/C(=O)c2ccn(C)n2)c1OCc1ccc(Cl)c(Cl)c1. The van der Waals surface area contributed by atoms with Crippen LogP contribution in [0.2, 0.25) is 10.0 Å². The van der Waals surface area contributed by atoms with Gasteiger partial charge in [0.2, 0.25) is 5.78 Å². The summed E-state index contributed by atoms with van der Waals surface area (Å²) in [7, 11) is 3.32. The number of ketones is 1. The van der Waals surface area contributed by atoms with Crippen molar-refractivity contribution in [1.29, 1.82) is 0 Å². The van der Waals surface area contributed by atoms with Gasteiger partial charge in [-0.05, 0) is 42.0 Å². The predicted molar refractivity (Wildman–Crippen MR) is 110 cm³/mol. The molecule has 0 spiro atoms. The van der Waals surface area contributed by atoms with Crippen LogP contribution in [-0.2, 0) is 13.7 Å². The molecule has 0 bridgehead atoms. The summed E-state index contributed by atoms with van der Waals surface area (Å²) in [5.41, 5.74) is 1.95. The van der Waals surface area contributed by atoms with Crippen LogP contribution in [-0.4, -0.2) is 22.7 Å². The molecule has 0 unspecified atom stereocenters. The molecule has 1 aromatic heterocycles. The Hall–Kier alpha value is -2.76. The first-order valence-corrected chi connectivity index (χ1v) is 9.19. The van der Waals surface area contributed by atoms with Gasteiger partial charge in [-0.1, -0.05) is 41.4 Å². The second-order valence-electron chi connectivity index (χ2n) is 5.99. The normalized spacial score (nSPS) is 11.0. The molecule has 2 aromatic carbocycles. The van der Waals surface area contributed by atoms with E-state index < -0.39 is 0 Å². The Bertz CT molecular complexity index is 1030. The molecule has 0 aliphatic carbocycles. The largest absolute Gasteiger partial charge is 0.493 e. The van der Waals surface area contributed by atoms with Crippen LogP contribution in [0.3, 0.4) is 0 Å². The fraction of sp³-hybridized carbons (Fsp3) is 0.143. The molecule has 0 amide bonds.